The summed E-state index contributed by atoms with van der Waals surface area (Å²) < 4.78 is 32.4. The van der Waals surface area contributed by atoms with E-state index < -0.39 is 17.1 Å². The van der Waals surface area contributed by atoms with Crippen molar-refractivity contribution in [2.45, 2.75) is 38.6 Å². The van der Waals surface area contributed by atoms with Crippen LogP contribution in [0.5, 0.6) is 5.75 Å². The fourth-order valence-electron chi connectivity index (χ4n) is 3.73. The third-order valence-electron chi connectivity index (χ3n) is 5.10. The number of pyridine rings is 1. The highest BCUT2D eigenvalue weighted by atomic mass is 32.2. The number of aromatic amines is 1. The van der Waals surface area contributed by atoms with E-state index in [0.717, 1.165) is 41.4 Å². The third kappa shape index (κ3) is 3.26. The van der Waals surface area contributed by atoms with Gasteiger partial charge < -0.3 is 14.7 Å². The Balaban J connectivity index is 1.52. The molecule has 26 heavy (non-hydrogen) atoms. The molecular weight excluding hydrogens is 353 g/mol. The maximum Gasteiger partial charge on any atom is 0.552 e. The fourth-order valence-corrected chi connectivity index (χ4v) is 5.22. The first-order valence-electron chi connectivity index (χ1n) is 8.99. The standard InChI is InChI=1S/C17H22BN3O4S/c1-2-3-6-26(23,24)21-12-7-11(8-12)14-9-18(22)25-15-10-20-17-13(16(14)15)4-5-19-17/h4-5,9-12,21-22H,2-3,6-8H2,1H3,(H,19,20)/t11-,12+. The minimum Gasteiger partial charge on any atom is -0.531 e. The topological polar surface area (TPSA) is 104 Å². The van der Waals surface area contributed by atoms with Gasteiger partial charge in [-0.15, -0.1) is 0 Å². The first-order chi connectivity index (χ1) is 12.5. The molecule has 0 bridgehead atoms. The molecule has 0 aromatic carbocycles. The van der Waals surface area contributed by atoms with E-state index in [4.69, 9.17) is 4.65 Å². The van der Waals surface area contributed by atoms with Gasteiger partial charge in [0.05, 0.1) is 11.9 Å². The van der Waals surface area contributed by atoms with Crippen molar-refractivity contribution in [1.82, 2.24) is 14.7 Å². The maximum absolute atomic E-state index is 12.1. The lowest BCUT2D eigenvalue weighted by molar-refractivity contribution is 0.308. The third-order valence-corrected chi connectivity index (χ3v) is 6.62. The highest BCUT2D eigenvalue weighted by Gasteiger charge is 2.38. The molecule has 2 aliphatic rings. The van der Waals surface area contributed by atoms with Crippen LogP contribution < -0.4 is 9.38 Å². The van der Waals surface area contributed by atoms with Crippen LogP contribution in [0.2, 0.25) is 0 Å². The second kappa shape index (κ2) is 6.72. The second-order valence-corrected chi connectivity index (χ2v) is 8.90. The number of hydrogen-bond donors (Lipinski definition) is 3. The SMILES string of the molecule is CCCCS(=O)(=O)N[C@H]1C[C@@H](C2=CB(O)Oc3cnc4[nH]ccc4c32)C1. The molecule has 0 amide bonds. The molecular formula is C17H22BN3O4S. The average molecular weight is 375 g/mol. The van der Waals surface area contributed by atoms with E-state index in [-0.39, 0.29) is 17.7 Å². The van der Waals surface area contributed by atoms with Crippen LogP contribution in [-0.4, -0.2) is 42.3 Å². The number of fused-ring (bicyclic) bond motifs is 3. The molecule has 3 heterocycles. The molecule has 1 fully saturated rings. The zero-order valence-electron chi connectivity index (χ0n) is 14.6. The molecule has 0 radical (unpaired) electrons. The Morgan fingerprint density at radius 1 is 1.46 bits per heavy atom. The number of unbranched alkanes of at least 4 members (excludes halogenated alkanes) is 1. The summed E-state index contributed by atoms with van der Waals surface area (Å²) in [6.45, 7) is 1.98. The summed E-state index contributed by atoms with van der Waals surface area (Å²) in [5.74, 6) is 2.65. The molecule has 9 heteroatoms. The number of nitrogens with one attached hydrogen (secondary N) is 2. The number of sulfonamides is 1. The van der Waals surface area contributed by atoms with E-state index in [1.165, 1.54) is 0 Å². The van der Waals surface area contributed by atoms with Gasteiger partial charge >= 0.3 is 7.12 Å². The largest absolute Gasteiger partial charge is 0.552 e. The first kappa shape index (κ1) is 17.6. The lowest BCUT2D eigenvalue weighted by Gasteiger charge is -2.39. The lowest BCUT2D eigenvalue weighted by Crippen LogP contribution is -2.45. The Morgan fingerprint density at radius 2 is 2.27 bits per heavy atom. The first-order valence-corrected chi connectivity index (χ1v) is 10.6. The van der Waals surface area contributed by atoms with Crippen molar-refractivity contribution in [2.75, 3.05) is 5.75 Å². The van der Waals surface area contributed by atoms with Crippen molar-refractivity contribution in [3.8, 4) is 5.75 Å². The van der Waals surface area contributed by atoms with Crippen LogP contribution in [0.4, 0.5) is 0 Å². The van der Waals surface area contributed by atoms with Gasteiger partial charge in [-0.25, -0.2) is 18.1 Å². The van der Waals surface area contributed by atoms with Crippen molar-refractivity contribution >= 4 is 33.7 Å². The van der Waals surface area contributed by atoms with Crippen LogP contribution in [-0.2, 0) is 10.0 Å². The molecule has 0 unspecified atom stereocenters. The van der Waals surface area contributed by atoms with Crippen molar-refractivity contribution in [3.63, 3.8) is 0 Å². The molecule has 2 aromatic heterocycles. The summed E-state index contributed by atoms with van der Waals surface area (Å²) in [5.41, 5.74) is 2.72. The zero-order valence-corrected chi connectivity index (χ0v) is 15.4. The van der Waals surface area contributed by atoms with Gasteiger partial charge in [0.1, 0.15) is 11.4 Å². The quantitative estimate of drug-likeness (QED) is 0.669. The van der Waals surface area contributed by atoms with Gasteiger partial charge in [0.15, 0.2) is 0 Å². The normalized spacial score (nSPS) is 22.5. The van der Waals surface area contributed by atoms with E-state index in [2.05, 4.69) is 14.7 Å². The van der Waals surface area contributed by atoms with Gasteiger partial charge in [-0.2, -0.15) is 0 Å². The Kier molecular flexibility index (Phi) is 4.54. The van der Waals surface area contributed by atoms with Crippen LogP contribution in [0.1, 0.15) is 38.2 Å². The number of nitrogens with zero attached hydrogens (tertiary/aromatic N) is 1. The van der Waals surface area contributed by atoms with E-state index in [0.29, 0.717) is 12.2 Å². The zero-order chi connectivity index (χ0) is 18.3. The summed E-state index contributed by atoms with van der Waals surface area (Å²) >= 11 is 0. The molecule has 1 saturated carbocycles. The van der Waals surface area contributed by atoms with Gasteiger partial charge in [0.2, 0.25) is 10.0 Å². The highest BCUT2D eigenvalue weighted by Crippen LogP contribution is 2.46. The van der Waals surface area contributed by atoms with Crippen molar-refractivity contribution in [3.05, 3.63) is 30.0 Å². The molecule has 0 atom stereocenters. The monoisotopic (exact) mass is 375 g/mol. The minimum absolute atomic E-state index is 0.0465. The smallest absolute Gasteiger partial charge is 0.531 e. The van der Waals surface area contributed by atoms with Crippen LogP contribution in [0.25, 0.3) is 16.6 Å². The lowest BCUT2D eigenvalue weighted by atomic mass is 9.68. The average Bonchev–Trinajstić information content (AvgIpc) is 3.03. The molecule has 138 valence electrons. The number of H-pyrrole nitrogens is 1. The molecule has 0 spiro atoms. The van der Waals surface area contributed by atoms with E-state index in [1.54, 1.807) is 12.2 Å². The van der Waals surface area contributed by atoms with Crippen molar-refractivity contribution in [2.24, 2.45) is 5.92 Å². The maximum atomic E-state index is 12.1. The summed E-state index contributed by atoms with van der Waals surface area (Å²) in [6, 6.07) is 1.90. The summed E-state index contributed by atoms with van der Waals surface area (Å²) in [7, 11) is -4.22. The minimum atomic E-state index is -3.21. The molecule has 4 rings (SSSR count). The predicted molar refractivity (Wildman–Crippen MR) is 101 cm³/mol. The van der Waals surface area contributed by atoms with Crippen molar-refractivity contribution < 1.29 is 18.1 Å². The summed E-state index contributed by atoms with van der Waals surface area (Å²) in [4.78, 5) is 7.40. The predicted octanol–water partition coefficient (Wildman–Crippen LogP) is 1.86. The number of rotatable bonds is 6. The molecule has 0 saturated heterocycles. The van der Waals surface area contributed by atoms with Crippen LogP contribution in [0.15, 0.2) is 24.4 Å². The molecule has 1 aliphatic heterocycles. The van der Waals surface area contributed by atoms with Gasteiger partial charge in [-0.3, -0.25) is 0 Å². The Hall–Kier alpha value is -1.84. The Bertz CT molecular complexity index is 950. The fraction of sp³-hybridized carbons (Fsp3) is 0.471. The van der Waals surface area contributed by atoms with Crippen LogP contribution in [0, 0.1) is 5.92 Å². The number of hydrogen-bond acceptors (Lipinski definition) is 5. The number of aromatic nitrogens is 2. The number of allylic oxidation sites excluding steroid dienone is 1. The van der Waals surface area contributed by atoms with Crippen LogP contribution in [0.3, 0.4) is 0 Å². The Morgan fingerprint density at radius 3 is 3.04 bits per heavy atom. The van der Waals surface area contributed by atoms with E-state index >= 15 is 0 Å². The summed E-state index contributed by atoms with van der Waals surface area (Å²) in [6.07, 6.45) is 6.41. The van der Waals surface area contributed by atoms with Gasteiger partial charge in [0.25, 0.3) is 0 Å². The molecule has 2 aromatic rings. The van der Waals surface area contributed by atoms with E-state index in [1.807, 2.05) is 19.2 Å². The molecule has 7 nitrogen and oxygen atoms in total. The van der Waals surface area contributed by atoms with E-state index in [9.17, 15) is 13.4 Å². The summed E-state index contributed by atoms with van der Waals surface area (Å²) in [5, 5.41) is 11.0. The van der Waals surface area contributed by atoms with Gasteiger partial charge in [-0.05, 0) is 42.8 Å². The highest BCUT2D eigenvalue weighted by molar-refractivity contribution is 7.89. The van der Waals surface area contributed by atoms with Gasteiger partial charge in [0, 0.05) is 23.2 Å². The molecule has 1 aliphatic carbocycles. The van der Waals surface area contributed by atoms with Crippen LogP contribution >= 0.6 is 0 Å². The van der Waals surface area contributed by atoms with Crippen molar-refractivity contribution in [1.29, 1.82) is 0 Å². The van der Waals surface area contributed by atoms with Gasteiger partial charge in [-0.1, -0.05) is 13.3 Å². The second-order valence-electron chi connectivity index (χ2n) is 7.02. The molecule has 3 N–H and O–H groups in total. The Labute approximate surface area is 153 Å².